The number of anilines is 1. The second kappa shape index (κ2) is 3.51. The first-order valence-corrected chi connectivity index (χ1v) is 6.02. The average molecular weight is 252 g/mol. The Kier molecular flexibility index (Phi) is 1.93. The van der Waals surface area contributed by atoms with Crippen LogP contribution in [0.1, 0.15) is 6.42 Å². The van der Waals surface area contributed by atoms with E-state index in [1.165, 1.54) is 23.4 Å². The summed E-state index contributed by atoms with van der Waals surface area (Å²) in [6, 6.07) is 1.45. The van der Waals surface area contributed by atoms with E-state index < -0.39 is 5.82 Å². The number of halogens is 1. The third kappa shape index (κ3) is 1.50. The summed E-state index contributed by atoms with van der Waals surface area (Å²) in [5.41, 5.74) is 5.51. The van der Waals surface area contributed by atoms with E-state index in [4.69, 9.17) is 0 Å². The van der Waals surface area contributed by atoms with Crippen molar-refractivity contribution in [3.05, 3.63) is 70.4 Å². The number of nitrogens with one attached hydrogen (secondary N) is 1. The lowest BCUT2D eigenvalue weighted by molar-refractivity contribution is -0.112. The monoisotopic (exact) mass is 252 g/mol. The standard InChI is InChI=1S/C15H9FN2O/c16-13-7-17-4-3-14(13)18-15(19)10-2-1-9-11-5-8(11)6-12(9)10/h1-4,6-7H,5H2,(H,17,18,19). The van der Waals surface area contributed by atoms with Crippen LogP contribution in [-0.4, -0.2) is 10.9 Å². The van der Waals surface area contributed by atoms with Crippen molar-refractivity contribution >= 4 is 11.6 Å². The number of pyridine rings is 1. The van der Waals surface area contributed by atoms with E-state index in [2.05, 4.69) is 10.3 Å². The SMILES string of the molecule is O=C(Nc1ccncc1F)C1=C2C=C3CC3=C2C=C1. The van der Waals surface area contributed by atoms with E-state index in [0.29, 0.717) is 5.57 Å². The molecule has 0 spiro atoms. The molecule has 0 aliphatic heterocycles. The Hall–Kier alpha value is -2.49. The number of allylic oxidation sites excluding steroid dienone is 6. The largest absolute Gasteiger partial charge is 0.319 e. The molecule has 0 bridgehead atoms. The van der Waals surface area contributed by atoms with Crippen LogP contribution in [0.15, 0.2) is 64.6 Å². The third-order valence-corrected chi connectivity index (χ3v) is 3.54. The fourth-order valence-electron chi connectivity index (χ4n) is 2.50. The van der Waals surface area contributed by atoms with Crippen molar-refractivity contribution in [2.45, 2.75) is 6.42 Å². The summed E-state index contributed by atoms with van der Waals surface area (Å²) in [7, 11) is 0. The normalized spacial score (nSPS) is 18.5. The van der Waals surface area contributed by atoms with Gasteiger partial charge in [-0.15, -0.1) is 0 Å². The van der Waals surface area contributed by atoms with Gasteiger partial charge in [0, 0.05) is 11.8 Å². The fraction of sp³-hybridized carbons (Fsp3) is 0.0667. The van der Waals surface area contributed by atoms with Gasteiger partial charge in [0.05, 0.1) is 11.9 Å². The van der Waals surface area contributed by atoms with E-state index in [1.54, 1.807) is 6.08 Å². The molecule has 1 aromatic heterocycles. The summed E-state index contributed by atoms with van der Waals surface area (Å²) in [5, 5.41) is 2.58. The predicted octanol–water partition coefficient (Wildman–Crippen LogP) is 2.67. The number of hydrogen-bond acceptors (Lipinski definition) is 2. The average Bonchev–Trinajstić information content (AvgIpc) is 2.89. The summed E-state index contributed by atoms with van der Waals surface area (Å²) in [5.74, 6) is -0.820. The summed E-state index contributed by atoms with van der Waals surface area (Å²) in [6.45, 7) is 0. The van der Waals surface area contributed by atoms with Gasteiger partial charge in [0.25, 0.3) is 5.91 Å². The van der Waals surface area contributed by atoms with Gasteiger partial charge in [-0.2, -0.15) is 0 Å². The molecule has 3 aliphatic rings. The number of rotatable bonds is 2. The zero-order valence-electron chi connectivity index (χ0n) is 9.90. The number of carbonyl (C=O) groups excluding carboxylic acids is 1. The maximum absolute atomic E-state index is 13.4. The van der Waals surface area contributed by atoms with E-state index in [1.807, 2.05) is 12.2 Å². The maximum atomic E-state index is 13.4. The Balaban J connectivity index is 1.65. The Bertz CT molecular complexity index is 753. The highest BCUT2D eigenvalue weighted by atomic mass is 19.1. The zero-order valence-corrected chi connectivity index (χ0v) is 9.90. The van der Waals surface area contributed by atoms with Gasteiger partial charge in [-0.1, -0.05) is 6.08 Å². The van der Waals surface area contributed by atoms with Crippen LogP contribution in [0.5, 0.6) is 0 Å². The second-order valence-electron chi connectivity index (χ2n) is 4.71. The molecule has 1 amide bonds. The molecule has 0 atom stereocenters. The summed E-state index contributed by atoms with van der Waals surface area (Å²) in [6.07, 6.45) is 9.36. The van der Waals surface area contributed by atoms with Crippen molar-refractivity contribution in [3.63, 3.8) is 0 Å². The highest BCUT2D eigenvalue weighted by molar-refractivity contribution is 6.09. The van der Waals surface area contributed by atoms with Crippen molar-refractivity contribution in [1.82, 2.24) is 4.98 Å². The lowest BCUT2D eigenvalue weighted by Gasteiger charge is -2.06. The quantitative estimate of drug-likeness (QED) is 0.879. The topological polar surface area (TPSA) is 42.0 Å². The molecular weight excluding hydrogens is 243 g/mol. The minimum atomic E-state index is -0.533. The minimum Gasteiger partial charge on any atom is -0.319 e. The molecule has 19 heavy (non-hydrogen) atoms. The smallest absolute Gasteiger partial charge is 0.256 e. The molecule has 0 aromatic carbocycles. The molecule has 1 aromatic rings. The number of amides is 1. The summed E-state index contributed by atoms with van der Waals surface area (Å²) in [4.78, 5) is 15.8. The van der Waals surface area contributed by atoms with Crippen LogP contribution in [0.4, 0.5) is 10.1 Å². The molecule has 1 fully saturated rings. The van der Waals surface area contributed by atoms with Crippen LogP contribution < -0.4 is 5.32 Å². The van der Waals surface area contributed by atoms with E-state index >= 15 is 0 Å². The van der Waals surface area contributed by atoms with Crippen LogP contribution in [0.2, 0.25) is 0 Å². The molecule has 0 saturated heterocycles. The molecule has 1 saturated carbocycles. The lowest BCUT2D eigenvalue weighted by Crippen LogP contribution is -2.14. The van der Waals surface area contributed by atoms with Gasteiger partial charge in [0.2, 0.25) is 0 Å². The van der Waals surface area contributed by atoms with Crippen LogP contribution in [0.25, 0.3) is 0 Å². The molecule has 0 radical (unpaired) electrons. The molecule has 92 valence electrons. The van der Waals surface area contributed by atoms with Crippen LogP contribution >= 0.6 is 0 Å². The van der Waals surface area contributed by atoms with Gasteiger partial charge in [-0.25, -0.2) is 4.39 Å². The van der Waals surface area contributed by atoms with Crippen LogP contribution in [-0.2, 0) is 4.79 Å². The first-order valence-electron chi connectivity index (χ1n) is 6.02. The lowest BCUT2D eigenvalue weighted by atomic mass is 10.1. The number of fused-ring (bicyclic) bond motifs is 2. The van der Waals surface area contributed by atoms with E-state index in [0.717, 1.165) is 23.8 Å². The first-order chi connectivity index (χ1) is 9.24. The number of aromatic nitrogens is 1. The Morgan fingerprint density at radius 2 is 2.21 bits per heavy atom. The number of hydrogen-bond donors (Lipinski definition) is 1. The van der Waals surface area contributed by atoms with E-state index in [-0.39, 0.29) is 11.6 Å². The highest BCUT2D eigenvalue weighted by Crippen LogP contribution is 2.51. The second-order valence-corrected chi connectivity index (χ2v) is 4.71. The molecule has 0 unspecified atom stereocenters. The molecule has 3 nitrogen and oxygen atoms in total. The van der Waals surface area contributed by atoms with Crippen molar-refractivity contribution in [3.8, 4) is 0 Å². The highest BCUT2D eigenvalue weighted by Gasteiger charge is 2.35. The van der Waals surface area contributed by atoms with Gasteiger partial charge >= 0.3 is 0 Å². The summed E-state index contributed by atoms with van der Waals surface area (Å²) >= 11 is 0. The van der Waals surface area contributed by atoms with Crippen LogP contribution in [0.3, 0.4) is 0 Å². The van der Waals surface area contributed by atoms with Crippen molar-refractivity contribution in [1.29, 1.82) is 0 Å². The van der Waals surface area contributed by atoms with Crippen LogP contribution in [0, 0.1) is 5.82 Å². The number of nitrogens with zero attached hydrogens (tertiary/aromatic N) is 1. The van der Waals surface area contributed by atoms with Gasteiger partial charge < -0.3 is 5.32 Å². The maximum Gasteiger partial charge on any atom is 0.256 e. The van der Waals surface area contributed by atoms with Gasteiger partial charge in [0.1, 0.15) is 0 Å². The van der Waals surface area contributed by atoms with Crippen molar-refractivity contribution in [2.75, 3.05) is 5.32 Å². The third-order valence-electron chi connectivity index (χ3n) is 3.54. The Labute approximate surface area is 108 Å². The molecule has 4 rings (SSSR count). The zero-order chi connectivity index (χ0) is 13.0. The Morgan fingerprint density at radius 3 is 3.05 bits per heavy atom. The van der Waals surface area contributed by atoms with E-state index in [9.17, 15) is 9.18 Å². The molecule has 1 N–H and O–H groups in total. The predicted molar refractivity (Wildman–Crippen MR) is 68.7 cm³/mol. The Morgan fingerprint density at radius 1 is 1.32 bits per heavy atom. The van der Waals surface area contributed by atoms with Crippen molar-refractivity contribution in [2.24, 2.45) is 0 Å². The van der Waals surface area contributed by atoms with Gasteiger partial charge in [0.15, 0.2) is 5.82 Å². The number of carbonyl (C=O) groups is 1. The molecule has 1 heterocycles. The minimum absolute atomic E-state index is 0.151. The van der Waals surface area contributed by atoms with Gasteiger partial charge in [-0.05, 0) is 46.9 Å². The molecular formula is C15H9FN2O. The fourth-order valence-corrected chi connectivity index (χ4v) is 2.50. The first kappa shape index (κ1) is 10.4. The molecule has 4 heteroatoms. The summed E-state index contributed by atoms with van der Waals surface area (Å²) < 4.78 is 13.4. The van der Waals surface area contributed by atoms with Crippen molar-refractivity contribution < 1.29 is 9.18 Å². The molecule has 3 aliphatic carbocycles. The van der Waals surface area contributed by atoms with Gasteiger partial charge in [-0.3, -0.25) is 9.78 Å².